The molecule has 7 heteroatoms. The van der Waals surface area contributed by atoms with Gasteiger partial charge < -0.3 is 15.0 Å². The molecule has 1 atom stereocenters. The molecule has 18 heavy (non-hydrogen) atoms. The minimum atomic E-state index is -3.19. The summed E-state index contributed by atoms with van der Waals surface area (Å²) in [6, 6.07) is 0. The molecule has 0 aromatic rings. The van der Waals surface area contributed by atoms with Gasteiger partial charge in [-0.15, -0.1) is 0 Å². The molecule has 2 heterocycles. The number of morpholine rings is 1. The minimum Gasteiger partial charge on any atom is -0.374 e. The molecule has 0 radical (unpaired) electrons. The molecule has 6 nitrogen and oxygen atoms in total. The van der Waals surface area contributed by atoms with E-state index in [9.17, 15) is 8.42 Å². The molecular weight excluding hydrogens is 254 g/mol. The number of nitrogens with zero attached hydrogens (tertiary/aromatic N) is 1. The average Bonchev–Trinajstić information content (AvgIpc) is 2.38. The Labute approximate surface area is 109 Å². The van der Waals surface area contributed by atoms with Crippen LogP contribution in [-0.2, 0) is 14.8 Å². The summed E-state index contributed by atoms with van der Waals surface area (Å²) in [7, 11) is -1.16. The Hall–Kier alpha value is -0.210. The fourth-order valence-electron chi connectivity index (χ4n) is 2.42. The molecule has 0 aliphatic carbocycles. The van der Waals surface area contributed by atoms with Crippen LogP contribution in [-0.4, -0.2) is 71.0 Å². The predicted molar refractivity (Wildman–Crippen MR) is 70.1 cm³/mol. The normalized spacial score (nSPS) is 28.4. The summed E-state index contributed by atoms with van der Waals surface area (Å²) < 4.78 is 32.5. The smallest absolute Gasteiger partial charge is 0.214 e. The second-order valence-electron chi connectivity index (χ2n) is 5.10. The molecule has 1 unspecified atom stereocenters. The van der Waals surface area contributed by atoms with Crippen LogP contribution in [0.4, 0.5) is 0 Å². The third kappa shape index (κ3) is 3.89. The largest absolute Gasteiger partial charge is 0.374 e. The molecule has 2 N–H and O–H groups in total. The maximum atomic E-state index is 12.1. The minimum absolute atomic E-state index is 0.0276. The molecular formula is C11H23N3O3S. The van der Waals surface area contributed by atoms with Crippen molar-refractivity contribution in [3.63, 3.8) is 0 Å². The van der Waals surface area contributed by atoms with Crippen LogP contribution >= 0.6 is 0 Å². The van der Waals surface area contributed by atoms with Gasteiger partial charge in [-0.3, -0.25) is 0 Å². The Bertz CT molecular complexity index is 355. The van der Waals surface area contributed by atoms with E-state index in [1.165, 1.54) is 0 Å². The third-order valence-electron chi connectivity index (χ3n) is 3.58. The van der Waals surface area contributed by atoms with Crippen molar-refractivity contribution in [1.29, 1.82) is 0 Å². The first-order valence-electron chi connectivity index (χ1n) is 6.57. The fourth-order valence-corrected chi connectivity index (χ4v) is 3.93. The van der Waals surface area contributed by atoms with Crippen LogP contribution in [0.5, 0.6) is 0 Å². The first-order chi connectivity index (χ1) is 8.58. The second-order valence-corrected chi connectivity index (χ2v) is 7.14. The number of likely N-dealkylation sites (N-methyl/N-ethyl adjacent to an activating group) is 1. The summed E-state index contributed by atoms with van der Waals surface area (Å²) in [5.41, 5.74) is 0. The van der Waals surface area contributed by atoms with Gasteiger partial charge in [-0.1, -0.05) is 0 Å². The third-order valence-corrected chi connectivity index (χ3v) is 5.50. The highest BCUT2D eigenvalue weighted by Gasteiger charge is 2.28. The zero-order chi connectivity index (χ0) is 13.0. The number of piperidine rings is 1. The van der Waals surface area contributed by atoms with E-state index < -0.39 is 10.0 Å². The van der Waals surface area contributed by atoms with Gasteiger partial charge in [0.2, 0.25) is 10.0 Å². The van der Waals surface area contributed by atoms with Gasteiger partial charge >= 0.3 is 0 Å². The first kappa shape index (κ1) is 14.2. The van der Waals surface area contributed by atoms with Crippen molar-refractivity contribution < 1.29 is 13.2 Å². The van der Waals surface area contributed by atoms with Crippen molar-refractivity contribution in [3.8, 4) is 0 Å². The fraction of sp³-hybridized carbons (Fsp3) is 1.00. The van der Waals surface area contributed by atoms with E-state index in [0.717, 1.165) is 26.2 Å². The number of sulfonamides is 1. The summed E-state index contributed by atoms with van der Waals surface area (Å²) in [5.74, 6) is 0. The summed E-state index contributed by atoms with van der Waals surface area (Å²) in [6.07, 6.45) is 1.36. The van der Waals surface area contributed by atoms with Crippen molar-refractivity contribution in [3.05, 3.63) is 0 Å². The van der Waals surface area contributed by atoms with Crippen molar-refractivity contribution in [2.24, 2.45) is 0 Å². The molecule has 0 spiro atoms. The van der Waals surface area contributed by atoms with E-state index in [1.807, 2.05) is 7.05 Å². The molecule has 2 aliphatic heterocycles. The Kier molecular flexibility index (Phi) is 4.97. The molecule has 2 saturated heterocycles. The summed E-state index contributed by atoms with van der Waals surface area (Å²) in [4.78, 5) is 2.16. The van der Waals surface area contributed by atoms with Crippen molar-refractivity contribution in [2.45, 2.75) is 24.2 Å². The lowest BCUT2D eigenvalue weighted by molar-refractivity contribution is -0.0156. The van der Waals surface area contributed by atoms with Crippen LogP contribution in [0.3, 0.4) is 0 Å². The Morgan fingerprint density at radius 3 is 2.78 bits per heavy atom. The second kappa shape index (κ2) is 6.29. The standard InChI is InChI=1S/C11H23N3O3S/c1-14-6-7-17-10(9-14)8-13-18(15,16)11-2-4-12-5-3-11/h10-13H,2-9H2,1H3. The SMILES string of the molecule is CN1CCOC(CNS(=O)(=O)C2CCNCC2)C1. The van der Waals surface area contributed by atoms with E-state index in [-0.39, 0.29) is 11.4 Å². The molecule has 0 aromatic carbocycles. The Balaban J connectivity index is 1.80. The lowest BCUT2D eigenvalue weighted by Gasteiger charge is -2.31. The molecule has 0 amide bonds. The summed E-state index contributed by atoms with van der Waals surface area (Å²) in [6.45, 7) is 4.33. The topological polar surface area (TPSA) is 70.7 Å². The quantitative estimate of drug-likeness (QED) is 0.689. The molecule has 0 bridgehead atoms. The van der Waals surface area contributed by atoms with Crippen molar-refractivity contribution in [2.75, 3.05) is 46.4 Å². The maximum Gasteiger partial charge on any atom is 0.214 e. The lowest BCUT2D eigenvalue weighted by Crippen LogP contribution is -2.48. The van der Waals surface area contributed by atoms with Crippen LogP contribution in [0.2, 0.25) is 0 Å². The number of nitrogens with one attached hydrogen (secondary N) is 2. The molecule has 2 aliphatic rings. The van der Waals surface area contributed by atoms with E-state index >= 15 is 0 Å². The summed E-state index contributed by atoms with van der Waals surface area (Å²) >= 11 is 0. The van der Waals surface area contributed by atoms with Crippen LogP contribution in [0.1, 0.15) is 12.8 Å². The van der Waals surface area contributed by atoms with Gasteiger partial charge in [0.25, 0.3) is 0 Å². The van der Waals surface area contributed by atoms with Gasteiger partial charge in [0.05, 0.1) is 18.0 Å². The van der Waals surface area contributed by atoms with Gasteiger partial charge in [0.1, 0.15) is 0 Å². The number of rotatable bonds is 4. The maximum absolute atomic E-state index is 12.1. The zero-order valence-electron chi connectivity index (χ0n) is 10.9. The van der Waals surface area contributed by atoms with Gasteiger partial charge in [-0.2, -0.15) is 0 Å². The monoisotopic (exact) mass is 277 g/mol. The Morgan fingerprint density at radius 2 is 2.11 bits per heavy atom. The molecule has 2 fully saturated rings. The van der Waals surface area contributed by atoms with Crippen LogP contribution in [0, 0.1) is 0 Å². The zero-order valence-corrected chi connectivity index (χ0v) is 11.7. The molecule has 0 saturated carbocycles. The number of hydrogen-bond donors (Lipinski definition) is 2. The number of ether oxygens (including phenoxy) is 1. The predicted octanol–water partition coefficient (Wildman–Crippen LogP) is -1.01. The highest BCUT2D eigenvalue weighted by Crippen LogP contribution is 2.12. The van der Waals surface area contributed by atoms with E-state index in [0.29, 0.717) is 26.0 Å². The number of hydrogen-bond acceptors (Lipinski definition) is 5. The molecule has 106 valence electrons. The van der Waals surface area contributed by atoms with Gasteiger partial charge in [-0.05, 0) is 33.0 Å². The Morgan fingerprint density at radius 1 is 1.39 bits per heavy atom. The molecule has 2 rings (SSSR count). The van der Waals surface area contributed by atoms with E-state index in [4.69, 9.17) is 4.74 Å². The van der Waals surface area contributed by atoms with Gasteiger partial charge in [-0.25, -0.2) is 13.1 Å². The average molecular weight is 277 g/mol. The van der Waals surface area contributed by atoms with Gasteiger partial charge in [0.15, 0.2) is 0 Å². The van der Waals surface area contributed by atoms with E-state index in [1.54, 1.807) is 0 Å². The lowest BCUT2D eigenvalue weighted by atomic mass is 10.2. The van der Waals surface area contributed by atoms with E-state index in [2.05, 4.69) is 14.9 Å². The van der Waals surface area contributed by atoms with Crippen molar-refractivity contribution in [1.82, 2.24) is 14.9 Å². The summed E-state index contributed by atoms with van der Waals surface area (Å²) in [5, 5.41) is 2.92. The van der Waals surface area contributed by atoms with Crippen LogP contribution in [0.15, 0.2) is 0 Å². The van der Waals surface area contributed by atoms with Crippen LogP contribution < -0.4 is 10.0 Å². The van der Waals surface area contributed by atoms with Crippen LogP contribution in [0.25, 0.3) is 0 Å². The first-order valence-corrected chi connectivity index (χ1v) is 8.12. The molecule has 0 aromatic heterocycles. The highest BCUT2D eigenvalue weighted by atomic mass is 32.2. The van der Waals surface area contributed by atoms with Crippen molar-refractivity contribution >= 4 is 10.0 Å². The van der Waals surface area contributed by atoms with Gasteiger partial charge in [0, 0.05) is 19.6 Å². The highest BCUT2D eigenvalue weighted by molar-refractivity contribution is 7.90.